The Balaban J connectivity index is 0.790. The fraction of sp³-hybridized carbons (Fsp3) is 0.939. The van der Waals surface area contributed by atoms with Crippen molar-refractivity contribution in [3.63, 3.8) is 0 Å². The molecule has 0 aromatic heterocycles. The van der Waals surface area contributed by atoms with E-state index in [1.165, 1.54) is 77.0 Å². The topological polar surface area (TPSA) is 69.7 Å². The van der Waals surface area contributed by atoms with Crippen molar-refractivity contribution in [2.24, 2.45) is 46.3 Å². The SMILES string of the molecule is CCCCCCC(CSCCCCCC(=O)CCCCCSCC(CCCCCC)OC(=O)C12CC3CC(CC(C3)C1)C2)OC(=O)C12CC3CC(CC(C3)C1)C2. The number of carbonyl (C=O) groups is 3. The van der Waals surface area contributed by atoms with Crippen LogP contribution in [0.5, 0.6) is 0 Å². The molecule has 0 N–H and O–H groups in total. The minimum atomic E-state index is -0.158. The zero-order valence-electron chi connectivity index (χ0n) is 36.0. The number of esters is 2. The molecular formula is C49H82O5S2. The lowest BCUT2D eigenvalue weighted by Crippen LogP contribution is -2.51. The molecule has 8 bridgehead atoms. The second-order valence-corrected chi connectivity index (χ2v) is 22.8. The van der Waals surface area contributed by atoms with Gasteiger partial charge in [0.1, 0.15) is 18.0 Å². The van der Waals surface area contributed by atoms with Gasteiger partial charge in [0, 0.05) is 24.3 Å². The van der Waals surface area contributed by atoms with Gasteiger partial charge in [-0.05, 0) is 175 Å². The van der Waals surface area contributed by atoms with Crippen molar-refractivity contribution in [1.29, 1.82) is 0 Å². The van der Waals surface area contributed by atoms with Gasteiger partial charge in [-0.2, -0.15) is 23.5 Å². The maximum Gasteiger partial charge on any atom is 0.312 e. The van der Waals surface area contributed by atoms with Crippen molar-refractivity contribution in [2.45, 2.75) is 219 Å². The van der Waals surface area contributed by atoms with Crippen molar-refractivity contribution in [3.05, 3.63) is 0 Å². The molecule has 8 aliphatic carbocycles. The van der Waals surface area contributed by atoms with Crippen LogP contribution in [0.25, 0.3) is 0 Å². The second kappa shape index (κ2) is 22.8. The first-order chi connectivity index (χ1) is 27.3. The van der Waals surface area contributed by atoms with E-state index in [1.807, 2.05) is 23.5 Å². The minimum Gasteiger partial charge on any atom is -0.461 e. The average Bonchev–Trinajstić information content (AvgIpc) is 3.16. The zero-order chi connectivity index (χ0) is 39.2. The molecule has 320 valence electrons. The molecule has 0 heterocycles. The van der Waals surface area contributed by atoms with Gasteiger partial charge in [0.15, 0.2) is 0 Å². The van der Waals surface area contributed by atoms with E-state index in [1.54, 1.807) is 0 Å². The van der Waals surface area contributed by atoms with Crippen LogP contribution in [-0.4, -0.2) is 52.9 Å². The standard InChI is InChI=1S/C49H82O5S2/c1-3-5-7-13-19-44(53-46(51)48-29-37-23-38(30-48)25-39(24-37)31-48)35-55-21-15-9-11-17-43(50)18-12-10-16-22-56-36-45(20-14-8-6-4-2)54-47(52)49-32-40-26-41(33-49)28-42(27-40)34-49/h37-42,44-45H,3-36H2,1-2H3. The van der Waals surface area contributed by atoms with Gasteiger partial charge in [-0.15, -0.1) is 0 Å². The predicted molar refractivity (Wildman–Crippen MR) is 235 cm³/mol. The highest BCUT2D eigenvalue weighted by atomic mass is 32.2. The van der Waals surface area contributed by atoms with Crippen LogP contribution in [0.3, 0.4) is 0 Å². The highest BCUT2D eigenvalue weighted by Crippen LogP contribution is 2.61. The van der Waals surface area contributed by atoms with Gasteiger partial charge < -0.3 is 9.47 Å². The van der Waals surface area contributed by atoms with Crippen molar-refractivity contribution in [3.8, 4) is 0 Å². The summed E-state index contributed by atoms with van der Waals surface area (Å²) in [6.45, 7) is 4.51. The average molecular weight is 815 g/mol. The van der Waals surface area contributed by atoms with E-state index in [-0.39, 0.29) is 35.0 Å². The first-order valence-electron chi connectivity index (χ1n) is 24.4. The van der Waals surface area contributed by atoms with Crippen LogP contribution in [0.15, 0.2) is 0 Å². The molecule has 0 saturated heterocycles. The van der Waals surface area contributed by atoms with E-state index in [9.17, 15) is 14.4 Å². The summed E-state index contributed by atoms with van der Waals surface area (Å²) in [7, 11) is 0. The lowest BCUT2D eigenvalue weighted by molar-refractivity contribution is -0.176. The van der Waals surface area contributed by atoms with Gasteiger partial charge in [0.2, 0.25) is 0 Å². The number of thioether (sulfide) groups is 2. The van der Waals surface area contributed by atoms with Crippen LogP contribution in [0, 0.1) is 46.3 Å². The highest BCUT2D eigenvalue weighted by Gasteiger charge is 2.57. The molecule has 0 aliphatic heterocycles. The van der Waals surface area contributed by atoms with E-state index >= 15 is 0 Å². The number of Topliss-reactive ketones (excluding diaryl/α,β-unsaturated/α-hetero) is 1. The Morgan fingerprint density at radius 1 is 0.482 bits per heavy atom. The van der Waals surface area contributed by atoms with Crippen LogP contribution in [0.2, 0.25) is 0 Å². The number of ketones is 1. The molecule has 2 unspecified atom stereocenters. The Morgan fingerprint density at radius 2 is 0.821 bits per heavy atom. The fourth-order valence-electron chi connectivity index (χ4n) is 13.2. The molecule has 0 aromatic rings. The normalized spacial score (nSPS) is 32.1. The maximum atomic E-state index is 13.7. The molecular weight excluding hydrogens is 733 g/mol. The van der Waals surface area contributed by atoms with E-state index in [0.717, 1.165) is 174 Å². The van der Waals surface area contributed by atoms with E-state index < -0.39 is 0 Å². The van der Waals surface area contributed by atoms with Gasteiger partial charge in [0.05, 0.1) is 10.8 Å². The Bertz CT molecular complexity index is 1060. The number of hydrogen-bond acceptors (Lipinski definition) is 7. The van der Waals surface area contributed by atoms with Crippen molar-refractivity contribution >= 4 is 41.2 Å². The number of rotatable bonds is 30. The fourth-order valence-corrected chi connectivity index (χ4v) is 15.3. The third-order valence-corrected chi connectivity index (χ3v) is 17.7. The molecule has 7 heteroatoms. The Kier molecular flexibility index (Phi) is 18.2. The molecule has 0 spiro atoms. The zero-order valence-corrected chi connectivity index (χ0v) is 37.7. The summed E-state index contributed by atoms with van der Waals surface area (Å²) in [5.74, 6) is 9.38. The molecule has 8 rings (SSSR count). The van der Waals surface area contributed by atoms with Crippen LogP contribution in [0.1, 0.15) is 206 Å². The molecule has 5 nitrogen and oxygen atoms in total. The summed E-state index contributed by atoms with van der Waals surface area (Å²) >= 11 is 3.92. The summed E-state index contributed by atoms with van der Waals surface area (Å²) in [6, 6.07) is 0. The highest BCUT2D eigenvalue weighted by molar-refractivity contribution is 7.99. The monoisotopic (exact) mass is 815 g/mol. The molecule has 2 atom stereocenters. The van der Waals surface area contributed by atoms with Crippen LogP contribution >= 0.6 is 23.5 Å². The van der Waals surface area contributed by atoms with Gasteiger partial charge in [-0.25, -0.2) is 0 Å². The Hall–Kier alpha value is -0.690. The predicted octanol–water partition coefficient (Wildman–Crippen LogP) is 13.3. The number of ether oxygens (including phenoxy) is 2. The first-order valence-corrected chi connectivity index (χ1v) is 26.7. The van der Waals surface area contributed by atoms with Crippen LogP contribution < -0.4 is 0 Å². The third kappa shape index (κ3) is 13.2. The summed E-state index contributed by atoms with van der Waals surface area (Å²) in [4.78, 5) is 40.0. The van der Waals surface area contributed by atoms with Crippen molar-refractivity contribution in [2.75, 3.05) is 23.0 Å². The Morgan fingerprint density at radius 3 is 1.16 bits per heavy atom. The van der Waals surface area contributed by atoms with E-state index in [2.05, 4.69) is 13.8 Å². The summed E-state index contributed by atoms with van der Waals surface area (Å²) in [5.41, 5.74) is -0.317. The maximum absolute atomic E-state index is 13.7. The van der Waals surface area contributed by atoms with Gasteiger partial charge in [-0.3, -0.25) is 14.4 Å². The van der Waals surface area contributed by atoms with Gasteiger partial charge >= 0.3 is 11.9 Å². The van der Waals surface area contributed by atoms with Crippen molar-refractivity contribution in [1.82, 2.24) is 0 Å². The third-order valence-electron chi connectivity index (χ3n) is 15.3. The largest absolute Gasteiger partial charge is 0.461 e. The molecule has 8 fully saturated rings. The summed E-state index contributed by atoms with van der Waals surface area (Å²) in [5, 5.41) is 0. The molecule has 0 radical (unpaired) electrons. The summed E-state index contributed by atoms with van der Waals surface area (Å²) < 4.78 is 12.8. The lowest BCUT2D eigenvalue weighted by Gasteiger charge is -2.55. The molecule has 0 amide bonds. The lowest BCUT2D eigenvalue weighted by atomic mass is 9.49. The van der Waals surface area contributed by atoms with E-state index in [4.69, 9.17) is 9.47 Å². The number of carbonyl (C=O) groups excluding carboxylic acids is 3. The second-order valence-electron chi connectivity index (χ2n) is 20.5. The van der Waals surface area contributed by atoms with Crippen molar-refractivity contribution < 1.29 is 23.9 Å². The molecule has 56 heavy (non-hydrogen) atoms. The van der Waals surface area contributed by atoms with E-state index in [0.29, 0.717) is 5.78 Å². The van der Waals surface area contributed by atoms with Gasteiger partial charge in [-0.1, -0.05) is 65.2 Å². The quantitative estimate of drug-likeness (QED) is 0.0528. The minimum absolute atomic E-state index is 0.0583. The number of unbranched alkanes of at least 4 members (excludes halogenated alkanes) is 10. The Labute approximate surface area is 351 Å². The molecule has 8 aliphatic rings. The molecule has 0 aromatic carbocycles. The van der Waals surface area contributed by atoms with Gasteiger partial charge in [0.25, 0.3) is 0 Å². The van der Waals surface area contributed by atoms with Crippen LogP contribution in [0.4, 0.5) is 0 Å². The summed E-state index contributed by atoms with van der Waals surface area (Å²) in [6.07, 6.45) is 34.5. The van der Waals surface area contributed by atoms with Crippen LogP contribution in [-0.2, 0) is 23.9 Å². The number of hydrogen-bond donors (Lipinski definition) is 0. The smallest absolute Gasteiger partial charge is 0.312 e. The first kappa shape index (κ1) is 44.9. The molecule has 8 saturated carbocycles.